The van der Waals surface area contributed by atoms with Crippen molar-refractivity contribution in [2.75, 3.05) is 0 Å². The highest BCUT2D eigenvalue weighted by molar-refractivity contribution is 5.87. The van der Waals surface area contributed by atoms with Crippen molar-refractivity contribution in [3.05, 3.63) is 12.2 Å². The molecule has 2 unspecified atom stereocenters. The molecule has 0 saturated heterocycles. The minimum Gasteiger partial charge on any atom is -0.481 e. The Morgan fingerprint density at radius 1 is 1.04 bits per heavy atom. The third kappa shape index (κ3) is 3.32. The molecule has 6 heteroatoms. The van der Waals surface area contributed by atoms with E-state index in [9.17, 15) is 14.4 Å². The van der Waals surface area contributed by atoms with Crippen LogP contribution in [0.5, 0.6) is 0 Å². The summed E-state index contributed by atoms with van der Waals surface area (Å²) in [6.07, 6.45) is 4.46. The summed E-state index contributed by atoms with van der Waals surface area (Å²) in [5.41, 5.74) is -0.791. The third-order valence-corrected chi connectivity index (χ3v) is 5.48. The molecular formula is C18H24O6. The lowest BCUT2D eigenvalue weighted by Crippen LogP contribution is -2.61. The van der Waals surface area contributed by atoms with Crippen molar-refractivity contribution in [2.24, 2.45) is 11.8 Å². The molecule has 0 heterocycles. The van der Waals surface area contributed by atoms with Gasteiger partial charge in [-0.25, -0.2) is 4.79 Å². The van der Waals surface area contributed by atoms with Gasteiger partial charge in [-0.1, -0.05) is 6.58 Å². The summed E-state index contributed by atoms with van der Waals surface area (Å²) in [6, 6.07) is 0. The maximum absolute atomic E-state index is 12.1. The molecule has 0 aromatic rings. The van der Waals surface area contributed by atoms with E-state index in [1.165, 1.54) is 0 Å². The lowest BCUT2D eigenvalue weighted by molar-refractivity contribution is -0.229. The van der Waals surface area contributed by atoms with Gasteiger partial charge in [0.2, 0.25) is 0 Å². The molecule has 4 rings (SSSR count). The van der Waals surface area contributed by atoms with E-state index in [1.54, 1.807) is 6.92 Å². The Balaban J connectivity index is 1.73. The first-order valence-electron chi connectivity index (χ1n) is 8.53. The molecule has 0 spiro atoms. The van der Waals surface area contributed by atoms with Gasteiger partial charge in [-0.3, -0.25) is 9.59 Å². The van der Waals surface area contributed by atoms with Gasteiger partial charge in [0.1, 0.15) is 11.2 Å². The van der Waals surface area contributed by atoms with Crippen LogP contribution in [0, 0.1) is 11.8 Å². The Morgan fingerprint density at radius 2 is 1.58 bits per heavy atom. The van der Waals surface area contributed by atoms with E-state index < -0.39 is 23.1 Å². The standard InChI is InChI=1S/C18H24O6/c1-11(2)16(22)24-18-8-12-5-13(9-18)7-17(6-12,10-18)23-15(21)4-3-14(19)20/h12-13H,1,3-10H2,2H3,(H,19,20). The lowest BCUT2D eigenvalue weighted by atomic mass is 9.52. The number of esters is 2. The highest BCUT2D eigenvalue weighted by Gasteiger charge is 2.61. The largest absolute Gasteiger partial charge is 0.481 e. The lowest BCUT2D eigenvalue weighted by Gasteiger charge is -2.60. The van der Waals surface area contributed by atoms with Crippen molar-refractivity contribution in [1.82, 2.24) is 0 Å². The molecule has 4 bridgehead atoms. The fourth-order valence-electron chi connectivity index (χ4n) is 5.12. The average Bonchev–Trinajstić information content (AvgIpc) is 2.42. The summed E-state index contributed by atoms with van der Waals surface area (Å²) < 4.78 is 11.5. The molecule has 24 heavy (non-hydrogen) atoms. The fraction of sp³-hybridized carbons (Fsp3) is 0.722. The molecule has 4 aliphatic carbocycles. The Hall–Kier alpha value is -1.85. The molecule has 2 atom stereocenters. The normalized spacial score (nSPS) is 36.2. The topological polar surface area (TPSA) is 89.9 Å². The van der Waals surface area contributed by atoms with Gasteiger partial charge in [-0.15, -0.1) is 0 Å². The Kier molecular flexibility index (Phi) is 4.18. The number of hydrogen-bond acceptors (Lipinski definition) is 5. The summed E-state index contributed by atoms with van der Waals surface area (Å²) >= 11 is 0. The maximum Gasteiger partial charge on any atom is 0.333 e. The van der Waals surface area contributed by atoms with Gasteiger partial charge in [0, 0.05) is 12.0 Å². The number of rotatable bonds is 6. The zero-order valence-electron chi connectivity index (χ0n) is 14.0. The number of hydrogen-bond donors (Lipinski definition) is 1. The second kappa shape index (κ2) is 5.90. The fourth-order valence-corrected chi connectivity index (χ4v) is 5.12. The van der Waals surface area contributed by atoms with Gasteiger partial charge in [-0.2, -0.15) is 0 Å². The van der Waals surface area contributed by atoms with Crippen LogP contribution < -0.4 is 0 Å². The Bertz CT molecular complexity index is 578. The average molecular weight is 336 g/mol. The molecule has 0 radical (unpaired) electrons. The van der Waals surface area contributed by atoms with Crippen LogP contribution in [0.3, 0.4) is 0 Å². The number of carbonyl (C=O) groups excluding carboxylic acids is 2. The first-order valence-corrected chi connectivity index (χ1v) is 8.53. The molecule has 6 nitrogen and oxygen atoms in total. The van der Waals surface area contributed by atoms with Crippen LogP contribution in [0.15, 0.2) is 12.2 Å². The highest BCUT2D eigenvalue weighted by Crippen LogP contribution is 2.60. The van der Waals surface area contributed by atoms with Gasteiger partial charge in [-0.05, 0) is 50.9 Å². The second-order valence-electron chi connectivity index (χ2n) is 7.86. The predicted octanol–water partition coefficient (Wildman–Crippen LogP) is 2.61. The zero-order chi connectivity index (χ0) is 17.5. The number of carboxylic acid groups (broad SMARTS) is 1. The molecular weight excluding hydrogens is 312 g/mol. The van der Waals surface area contributed by atoms with Crippen LogP contribution in [0.4, 0.5) is 0 Å². The first kappa shape index (κ1) is 17.0. The summed E-state index contributed by atoms with van der Waals surface area (Å²) in [6.45, 7) is 5.27. The van der Waals surface area contributed by atoms with Crippen LogP contribution in [-0.2, 0) is 23.9 Å². The van der Waals surface area contributed by atoms with Crippen molar-refractivity contribution >= 4 is 17.9 Å². The summed E-state index contributed by atoms with van der Waals surface area (Å²) in [5, 5.41) is 8.71. The van der Waals surface area contributed by atoms with Crippen LogP contribution in [0.2, 0.25) is 0 Å². The van der Waals surface area contributed by atoms with Crippen LogP contribution >= 0.6 is 0 Å². The quantitative estimate of drug-likeness (QED) is 0.592. The Morgan fingerprint density at radius 3 is 2.08 bits per heavy atom. The smallest absolute Gasteiger partial charge is 0.333 e. The summed E-state index contributed by atoms with van der Waals surface area (Å²) in [7, 11) is 0. The monoisotopic (exact) mass is 336 g/mol. The second-order valence-corrected chi connectivity index (χ2v) is 7.86. The Labute approximate surface area is 141 Å². The molecule has 0 aromatic heterocycles. The van der Waals surface area contributed by atoms with Gasteiger partial charge >= 0.3 is 17.9 Å². The predicted molar refractivity (Wildman–Crippen MR) is 84.0 cm³/mol. The molecule has 1 N–H and O–H groups in total. The highest BCUT2D eigenvalue weighted by atomic mass is 16.6. The zero-order valence-corrected chi connectivity index (χ0v) is 14.0. The van der Waals surface area contributed by atoms with Crippen molar-refractivity contribution < 1.29 is 29.0 Å². The van der Waals surface area contributed by atoms with Crippen molar-refractivity contribution in [1.29, 1.82) is 0 Å². The minimum atomic E-state index is -1.01. The van der Waals surface area contributed by atoms with E-state index in [0.29, 0.717) is 23.8 Å². The molecule has 4 fully saturated rings. The number of aliphatic carboxylic acids is 1. The van der Waals surface area contributed by atoms with Gasteiger partial charge < -0.3 is 14.6 Å². The molecule has 0 amide bonds. The molecule has 0 aromatic carbocycles. The van der Waals surface area contributed by atoms with Crippen molar-refractivity contribution in [3.8, 4) is 0 Å². The van der Waals surface area contributed by atoms with E-state index in [-0.39, 0.29) is 18.8 Å². The third-order valence-electron chi connectivity index (χ3n) is 5.48. The van der Waals surface area contributed by atoms with Crippen LogP contribution in [-0.4, -0.2) is 34.2 Å². The number of carboxylic acids is 1. The van der Waals surface area contributed by atoms with E-state index in [2.05, 4.69) is 6.58 Å². The minimum absolute atomic E-state index is 0.120. The molecule has 4 aliphatic rings. The van der Waals surface area contributed by atoms with Gasteiger partial charge in [0.05, 0.1) is 12.8 Å². The molecule has 4 saturated carbocycles. The molecule has 132 valence electrons. The van der Waals surface area contributed by atoms with E-state index in [1.807, 2.05) is 0 Å². The number of ether oxygens (including phenoxy) is 2. The maximum atomic E-state index is 12.1. The van der Waals surface area contributed by atoms with E-state index in [4.69, 9.17) is 14.6 Å². The van der Waals surface area contributed by atoms with Crippen LogP contribution in [0.25, 0.3) is 0 Å². The first-order chi connectivity index (χ1) is 11.2. The van der Waals surface area contributed by atoms with Crippen molar-refractivity contribution in [3.63, 3.8) is 0 Å². The SMILES string of the molecule is C=C(C)C(=O)OC12CC3CC(CC(OC(=O)CCC(=O)O)(C3)C1)C2. The van der Waals surface area contributed by atoms with E-state index in [0.717, 1.165) is 32.1 Å². The summed E-state index contributed by atoms with van der Waals surface area (Å²) in [5.74, 6) is -1.10. The van der Waals surface area contributed by atoms with E-state index >= 15 is 0 Å². The summed E-state index contributed by atoms with van der Waals surface area (Å²) in [4.78, 5) is 34.7. The molecule has 0 aliphatic heterocycles. The van der Waals surface area contributed by atoms with Crippen molar-refractivity contribution in [2.45, 2.75) is 69.5 Å². The van der Waals surface area contributed by atoms with Gasteiger partial charge in [0.15, 0.2) is 0 Å². The van der Waals surface area contributed by atoms with Gasteiger partial charge in [0.25, 0.3) is 0 Å². The van der Waals surface area contributed by atoms with Crippen LogP contribution in [0.1, 0.15) is 58.3 Å². The number of carbonyl (C=O) groups is 3.